The summed E-state index contributed by atoms with van der Waals surface area (Å²) in [4.78, 5) is 224. The zero-order valence-electron chi connectivity index (χ0n) is 87.3. The highest BCUT2D eigenvalue weighted by molar-refractivity contribution is 6.01. The smallest absolute Gasteiger partial charge is 0.243 e. The van der Waals surface area contributed by atoms with Crippen LogP contribution in [0.4, 0.5) is 0 Å². The second-order valence-electron chi connectivity index (χ2n) is 38.6. The first kappa shape index (κ1) is 125. The molecule has 0 bridgehead atoms. The fourth-order valence-electron chi connectivity index (χ4n) is 16.9. The Morgan fingerprint density at radius 2 is 0.667 bits per heavy atom. The number of primary amides is 1. The van der Waals surface area contributed by atoms with Gasteiger partial charge in [0.05, 0.1) is 6.04 Å². The summed E-state index contributed by atoms with van der Waals surface area (Å²) in [5, 5.41) is 67.7. The molecular weight excluding hydrogens is 1920 g/mol. The largest absolute Gasteiger partial charge is 0.370 e. The number of unbranched alkanes of at least 4 members (excludes halogenated alkanes) is 4. The number of nitrogens with two attached hydrogens (primary N) is 8. The monoisotopic (exact) mass is 2080 g/mol. The summed E-state index contributed by atoms with van der Waals surface area (Å²) in [5.74, 6) is -13.5. The number of carbonyl (C=O) groups excluding carboxylic acids is 15. The Balaban J connectivity index is 1.36. The molecule has 150 heavy (non-hydrogen) atoms. The first-order valence-corrected chi connectivity index (χ1v) is 52.6. The van der Waals surface area contributed by atoms with Crippen molar-refractivity contribution in [1.29, 1.82) is 10.8 Å². The van der Waals surface area contributed by atoms with Crippen LogP contribution in [0.5, 0.6) is 0 Å². The molecule has 0 aliphatic carbocycles. The van der Waals surface area contributed by atoms with Crippen LogP contribution < -0.4 is 142 Å². The Bertz CT molecular complexity index is 5020. The lowest BCUT2D eigenvalue weighted by molar-refractivity contribution is -0.136. The summed E-state index contributed by atoms with van der Waals surface area (Å²) in [7, 11) is 0. The van der Waals surface area contributed by atoms with Gasteiger partial charge in [-0.3, -0.25) is 82.7 Å². The molecule has 15 atom stereocenters. The molecule has 43 nitrogen and oxygen atoms in total. The van der Waals surface area contributed by atoms with E-state index in [2.05, 4.69) is 95.7 Å². The summed E-state index contributed by atoms with van der Waals surface area (Å²) in [6, 6.07) is 23.1. The second-order valence-corrected chi connectivity index (χ2v) is 38.6. The highest BCUT2D eigenvalue weighted by atomic mass is 16.2. The molecule has 0 unspecified atom stereocenters. The molecule has 0 spiro atoms. The average molecular weight is 2080 g/mol. The van der Waals surface area contributed by atoms with Crippen molar-refractivity contribution in [3.8, 4) is 0 Å². The Morgan fingerprint density at radius 1 is 0.347 bits per heavy atom. The van der Waals surface area contributed by atoms with E-state index < -0.39 is 191 Å². The van der Waals surface area contributed by atoms with Gasteiger partial charge in [-0.15, -0.1) is 0 Å². The first-order valence-electron chi connectivity index (χ1n) is 52.6. The normalized spacial score (nSPS) is 18.0. The van der Waals surface area contributed by atoms with Crippen LogP contribution in [-0.4, -0.2) is 257 Å². The van der Waals surface area contributed by atoms with Crippen LogP contribution in [0, 0.1) is 22.7 Å². The molecule has 36 N–H and O–H groups in total. The predicted molar refractivity (Wildman–Crippen MR) is 577 cm³/mol. The summed E-state index contributed by atoms with van der Waals surface area (Å²) in [6.07, 6.45) is 7.86. The molecular formula is C107H166N28O15. The molecule has 0 fully saturated rings. The fraction of sp³-hybridized carbons (Fsp3) is 0.542. The minimum absolute atomic E-state index is 0.0110. The van der Waals surface area contributed by atoms with Crippen molar-refractivity contribution >= 4 is 101 Å². The van der Waals surface area contributed by atoms with Crippen molar-refractivity contribution in [2.45, 2.75) is 292 Å². The number of guanidine groups is 2. The third kappa shape index (κ3) is 48.6. The van der Waals surface area contributed by atoms with E-state index in [1.165, 1.54) is 0 Å². The third-order valence-corrected chi connectivity index (χ3v) is 25.6. The predicted octanol–water partition coefficient (Wildman–Crippen LogP) is -0.756. The highest BCUT2D eigenvalue weighted by Crippen LogP contribution is 2.19. The van der Waals surface area contributed by atoms with Crippen molar-refractivity contribution in [3.63, 3.8) is 0 Å². The third-order valence-electron chi connectivity index (χ3n) is 25.6. The van der Waals surface area contributed by atoms with Crippen molar-refractivity contribution in [1.82, 2.24) is 95.7 Å². The highest BCUT2D eigenvalue weighted by Gasteiger charge is 2.40. The van der Waals surface area contributed by atoms with Crippen LogP contribution in [0.15, 0.2) is 164 Å². The Morgan fingerprint density at radius 3 is 1.05 bits per heavy atom. The molecule has 43 heteroatoms. The van der Waals surface area contributed by atoms with E-state index in [9.17, 15) is 28.8 Å². The number of rotatable bonds is 57. The molecule has 15 amide bonds. The van der Waals surface area contributed by atoms with Gasteiger partial charge < -0.3 is 142 Å². The van der Waals surface area contributed by atoms with Crippen LogP contribution in [0.3, 0.4) is 0 Å². The van der Waals surface area contributed by atoms with E-state index in [-0.39, 0.29) is 160 Å². The minimum atomic E-state index is -1.55. The molecule has 0 radical (unpaired) electrons. The Kier molecular flexibility index (Phi) is 59.0. The maximum Gasteiger partial charge on any atom is 0.243 e. The van der Waals surface area contributed by atoms with Gasteiger partial charge in [0.2, 0.25) is 88.6 Å². The number of nitrogens with one attached hydrogen (secondary N) is 20. The van der Waals surface area contributed by atoms with Gasteiger partial charge in [-0.25, -0.2) is 0 Å². The number of amides is 15. The van der Waals surface area contributed by atoms with Crippen LogP contribution in [0.2, 0.25) is 0 Å². The quantitative estimate of drug-likeness (QED) is 0.00985. The van der Waals surface area contributed by atoms with Gasteiger partial charge >= 0.3 is 0 Å². The van der Waals surface area contributed by atoms with E-state index >= 15 is 43.2 Å². The van der Waals surface area contributed by atoms with E-state index in [1.807, 2.05) is 12.2 Å². The van der Waals surface area contributed by atoms with Gasteiger partial charge in [-0.2, -0.15) is 0 Å². The SMILES string of the molecule is CC(C)[C@H](N)C(=O)N[C@H]1CCCCNC/C=C/CNCCCC[C@@H](C(=O)N[C@@H](Cc2ccccc2)C(=O)N[C@@H](Cc2ccccc2)C(=O)N[C@@H](CCCNC(=N)N)C(=O)N[C@@H](CCCCN)C(=O)N[C@@H](Cc2ccccc2)C(=O)N[C@@H](CCCCN)C(=O)N[C@@H](CCCCN)C(=O)N[C@@H](Cc2ccccc2)C(=O)N[C@H](C(N)=O)C(C)C)NC(=O)[C@H](CCCCN)NC(=O)[C@H](Cc2ccccc2)NC(=O)[C@H](CCCNC(=N)N)NC1=O. The standard InChI is InChI=1S/C107H166N28O15/c1-69(2)89(112)105(150)129-81-51-25-31-59-119-61-33-32-60-118-58-30-24-50-80(124-93(138)77(47-21-27-55-109)127-101(146)85(65-72-38-12-6-13-39-72)131-99(144)83(125-94(81)139)53-35-63-121-107(116)117)98(143)132-87(67-74-42-16-8-17-43-74)103(148)134-86(66-73-40-14-7-15-41-73)102(147)128-82(52-34-62-120-106(114)115)95(140)123-78(48-22-28-56-110)96(141)130-84(64-71-36-10-5-11-37-71)100(145)126-76(46-20-26-54-108)92(137)122-79(49-23-29-57-111)97(142)133-88(68-75-44-18-9-19-45-75)104(149)135-90(70(3)4)91(113)136/h5-19,32-33,36-45,69-70,76-90,118-119H,20-31,34-35,46-68,108-112H2,1-4H3,(H2,113,136)(H,122,137)(H,123,140)(H,124,138)(H,125,139)(H,126,145)(H,127,146)(H,128,147)(H,129,150)(H,130,141)(H,131,144)(H,132,143)(H,133,142)(H,134,148)(H,135,149)(H4,114,115,120)(H4,116,117,121)/b33-32+/t76-,77-,78-,79-,80-,81-,82-,83-,84-,85-,86-,87-,88-,89-,90-/m0/s1. The molecule has 5 aromatic carbocycles. The van der Waals surface area contributed by atoms with Crippen LogP contribution in [0.25, 0.3) is 0 Å². The molecule has 5 aromatic rings. The van der Waals surface area contributed by atoms with E-state index in [0.29, 0.717) is 118 Å². The maximum absolute atomic E-state index is 15.7. The van der Waals surface area contributed by atoms with Gasteiger partial charge in [0.15, 0.2) is 11.9 Å². The van der Waals surface area contributed by atoms with Gasteiger partial charge in [-0.1, -0.05) is 192 Å². The molecule has 1 heterocycles. The number of hydrogen-bond acceptors (Lipinski definition) is 24. The van der Waals surface area contributed by atoms with E-state index in [0.717, 1.165) is 0 Å². The molecule has 824 valence electrons. The zero-order valence-corrected chi connectivity index (χ0v) is 87.3. The number of hydrogen-bond donors (Lipinski definition) is 28. The maximum atomic E-state index is 15.7. The van der Waals surface area contributed by atoms with Crippen molar-refractivity contribution < 1.29 is 71.9 Å². The lowest BCUT2D eigenvalue weighted by atomic mass is 10.00. The molecule has 6 rings (SSSR count). The second kappa shape index (κ2) is 70.9. The lowest BCUT2D eigenvalue weighted by Gasteiger charge is -2.29. The topological polar surface area (TPSA) is 728 Å². The molecule has 1 aliphatic heterocycles. The molecule has 0 aromatic heterocycles. The molecule has 0 saturated carbocycles. The summed E-state index contributed by atoms with van der Waals surface area (Å²) in [5.41, 5.74) is 50.3. The summed E-state index contributed by atoms with van der Waals surface area (Å²) in [6.45, 7) is 9.84. The summed E-state index contributed by atoms with van der Waals surface area (Å²) >= 11 is 0. The van der Waals surface area contributed by atoms with Crippen LogP contribution in [-0.2, 0) is 104 Å². The van der Waals surface area contributed by atoms with Gasteiger partial charge in [-0.05, 0) is 220 Å². The zero-order chi connectivity index (χ0) is 109. The van der Waals surface area contributed by atoms with Crippen molar-refractivity contribution in [2.75, 3.05) is 65.4 Å². The average Bonchev–Trinajstić information content (AvgIpc) is 0.843. The Hall–Kier alpha value is -13.9. The minimum Gasteiger partial charge on any atom is -0.370 e. The first-order chi connectivity index (χ1) is 72.1. The van der Waals surface area contributed by atoms with Crippen molar-refractivity contribution in [2.24, 2.45) is 57.7 Å². The van der Waals surface area contributed by atoms with Crippen molar-refractivity contribution in [3.05, 3.63) is 192 Å². The number of carbonyl (C=O) groups is 15. The van der Waals surface area contributed by atoms with E-state index in [4.69, 9.17) is 56.7 Å². The van der Waals surface area contributed by atoms with Gasteiger partial charge in [0, 0.05) is 58.3 Å². The molecule has 1 aliphatic rings. The van der Waals surface area contributed by atoms with Gasteiger partial charge in [0.25, 0.3) is 0 Å². The van der Waals surface area contributed by atoms with Gasteiger partial charge in [0.1, 0.15) is 84.6 Å². The van der Waals surface area contributed by atoms with Crippen LogP contribution >= 0.6 is 0 Å². The fourth-order valence-corrected chi connectivity index (χ4v) is 16.9. The molecule has 0 saturated heterocycles. The Labute approximate surface area is 880 Å². The lowest BCUT2D eigenvalue weighted by Crippen LogP contribution is -2.61. The number of benzene rings is 5. The summed E-state index contributed by atoms with van der Waals surface area (Å²) < 4.78 is 0. The van der Waals surface area contributed by atoms with Crippen LogP contribution in [0.1, 0.15) is 197 Å². The van der Waals surface area contributed by atoms with E-state index in [1.54, 1.807) is 179 Å².